The van der Waals surface area contributed by atoms with Crippen molar-refractivity contribution in [2.45, 2.75) is 65.9 Å². The fourth-order valence-corrected chi connectivity index (χ4v) is 4.42. The van der Waals surface area contributed by atoms with Gasteiger partial charge in [-0.2, -0.15) is 0 Å². The number of nitrogens with two attached hydrogens (primary N) is 1. The van der Waals surface area contributed by atoms with Crippen LogP contribution in [0.4, 0.5) is 0 Å². The Labute approximate surface area is 124 Å². The third kappa shape index (κ3) is 5.34. The molecule has 0 aromatic carbocycles. The van der Waals surface area contributed by atoms with Gasteiger partial charge in [-0.1, -0.05) is 27.7 Å². The van der Waals surface area contributed by atoms with Crippen LogP contribution in [0.3, 0.4) is 0 Å². The summed E-state index contributed by atoms with van der Waals surface area (Å²) < 4.78 is 28.9. The van der Waals surface area contributed by atoms with Gasteiger partial charge in [-0.05, 0) is 43.9 Å². The molecule has 0 aromatic rings. The van der Waals surface area contributed by atoms with Crippen LogP contribution in [0.15, 0.2) is 0 Å². The minimum atomic E-state index is -3.46. The standard InChI is InChI=1S/C15H31NO3S/c1-5-15(6-2,11-20(16,17)18)10-19-14-8-7-12(3)13(4)9-14/h12-14H,5-11H2,1-4H3,(H2,16,17,18). The Kier molecular flexibility index (Phi) is 6.48. The number of rotatable bonds is 7. The number of hydrogen-bond acceptors (Lipinski definition) is 3. The summed E-state index contributed by atoms with van der Waals surface area (Å²) in [4.78, 5) is 0. The third-order valence-corrected chi connectivity index (χ3v) is 6.20. The van der Waals surface area contributed by atoms with Crippen molar-refractivity contribution in [3.8, 4) is 0 Å². The largest absolute Gasteiger partial charge is 0.378 e. The Morgan fingerprint density at radius 3 is 2.20 bits per heavy atom. The Hall–Kier alpha value is -0.130. The van der Waals surface area contributed by atoms with Crippen molar-refractivity contribution in [1.82, 2.24) is 0 Å². The van der Waals surface area contributed by atoms with Gasteiger partial charge in [0.05, 0.1) is 18.5 Å². The van der Waals surface area contributed by atoms with Crippen LogP contribution in [0.2, 0.25) is 0 Å². The Bertz CT molecular complexity index is 390. The predicted molar refractivity (Wildman–Crippen MR) is 82.9 cm³/mol. The van der Waals surface area contributed by atoms with Crippen molar-refractivity contribution >= 4 is 10.0 Å². The zero-order valence-corrected chi connectivity index (χ0v) is 14.2. The van der Waals surface area contributed by atoms with E-state index >= 15 is 0 Å². The Morgan fingerprint density at radius 2 is 1.75 bits per heavy atom. The number of primary sulfonamides is 1. The molecule has 20 heavy (non-hydrogen) atoms. The lowest BCUT2D eigenvalue weighted by molar-refractivity contribution is -0.0382. The van der Waals surface area contributed by atoms with Crippen LogP contribution in [0.1, 0.15) is 59.8 Å². The molecular formula is C15H31NO3S. The molecule has 5 heteroatoms. The average Bonchev–Trinajstić information content (AvgIpc) is 2.37. The molecule has 0 spiro atoms. The van der Waals surface area contributed by atoms with Crippen molar-refractivity contribution in [1.29, 1.82) is 0 Å². The normalized spacial score (nSPS) is 28.6. The molecule has 1 aliphatic carbocycles. The van der Waals surface area contributed by atoms with Gasteiger partial charge in [0.15, 0.2) is 0 Å². The van der Waals surface area contributed by atoms with Gasteiger partial charge in [0.1, 0.15) is 0 Å². The summed E-state index contributed by atoms with van der Waals surface area (Å²) in [6.45, 7) is 9.11. The summed E-state index contributed by atoms with van der Waals surface area (Å²) in [7, 11) is -3.46. The monoisotopic (exact) mass is 305 g/mol. The lowest BCUT2D eigenvalue weighted by Crippen LogP contribution is -2.39. The summed E-state index contributed by atoms with van der Waals surface area (Å²) in [6, 6.07) is 0. The first-order valence-corrected chi connectivity index (χ1v) is 9.55. The molecule has 3 atom stereocenters. The molecule has 0 saturated heterocycles. The van der Waals surface area contributed by atoms with Gasteiger partial charge in [-0.3, -0.25) is 0 Å². The van der Waals surface area contributed by atoms with Gasteiger partial charge < -0.3 is 4.74 Å². The lowest BCUT2D eigenvalue weighted by atomic mass is 9.80. The van der Waals surface area contributed by atoms with Crippen molar-refractivity contribution in [3.63, 3.8) is 0 Å². The molecule has 120 valence electrons. The van der Waals surface area contributed by atoms with Crippen molar-refractivity contribution in [3.05, 3.63) is 0 Å². The quantitative estimate of drug-likeness (QED) is 0.786. The van der Waals surface area contributed by atoms with E-state index in [9.17, 15) is 8.42 Å². The van der Waals surface area contributed by atoms with Crippen LogP contribution in [0.25, 0.3) is 0 Å². The summed E-state index contributed by atoms with van der Waals surface area (Å²) >= 11 is 0. The molecule has 4 nitrogen and oxygen atoms in total. The van der Waals surface area contributed by atoms with E-state index in [4.69, 9.17) is 9.88 Å². The number of ether oxygens (including phenoxy) is 1. The maximum atomic E-state index is 11.4. The molecule has 1 rings (SSSR count). The van der Waals surface area contributed by atoms with E-state index in [1.165, 1.54) is 6.42 Å². The van der Waals surface area contributed by atoms with Crippen molar-refractivity contribution < 1.29 is 13.2 Å². The highest BCUT2D eigenvalue weighted by atomic mass is 32.2. The van der Waals surface area contributed by atoms with Gasteiger partial charge >= 0.3 is 0 Å². The van der Waals surface area contributed by atoms with E-state index in [2.05, 4.69) is 13.8 Å². The highest BCUT2D eigenvalue weighted by Crippen LogP contribution is 2.34. The molecule has 1 saturated carbocycles. The van der Waals surface area contributed by atoms with E-state index < -0.39 is 10.0 Å². The zero-order valence-electron chi connectivity index (χ0n) is 13.4. The molecule has 3 unspecified atom stereocenters. The molecule has 0 radical (unpaired) electrons. The first kappa shape index (κ1) is 17.9. The van der Waals surface area contributed by atoms with Gasteiger partial charge in [-0.25, -0.2) is 13.6 Å². The van der Waals surface area contributed by atoms with Gasteiger partial charge in [0.2, 0.25) is 10.0 Å². The molecule has 0 bridgehead atoms. The number of sulfonamides is 1. The van der Waals surface area contributed by atoms with Gasteiger partial charge in [-0.15, -0.1) is 0 Å². The highest BCUT2D eigenvalue weighted by molar-refractivity contribution is 7.89. The summed E-state index contributed by atoms with van der Waals surface area (Å²) in [5.41, 5.74) is -0.333. The van der Waals surface area contributed by atoms with Crippen LogP contribution in [0.5, 0.6) is 0 Å². The molecule has 2 N–H and O–H groups in total. The fourth-order valence-electron chi connectivity index (χ4n) is 3.07. The first-order chi connectivity index (χ1) is 9.21. The van der Waals surface area contributed by atoms with E-state index in [1.54, 1.807) is 0 Å². The molecular weight excluding hydrogens is 274 g/mol. The molecule has 1 fully saturated rings. The van der Waals surface area contributed by atoms with Crippen LogP contribution in [-0.2, 0) is 14.8 Å². The summed E-state index contributed by atoms with van der Waals surface area (Å²) in [5.74, 6) is 1.47. The fraction of sp³-hybridized carbons (Fsp3) is 1.00. The van der Waals surface area contributed by atoms with E-state index in [0.717, 1.165) is 31.6 Å². The first-order valence-electron chi connectivity index (χ1n) is 7.83. The second-order valence-corrected chi connectivity index (χ2v) is 8.33. The highest BCUT2D eigenvalue weighted by Gasteiger charge is 2.33. The summed E-state index contributed by atoms with van der Waals surface area (Å²) in [5, 5.41) is 5.24. The van der Waals surface area contributed by atoms with Crippen LogP contribution in [-0.4, -0.2) is 26.9 Å². The van der Waals surface area contributed by atoms with Gasteiger partial charge in [0, 0.05) is 5.41 Å². The smallest absolute Gasteiger partial charge is 0.209 e. The van der Waals surface area contributed by atoms with Crippen molar-refractivity contribution in [2.75, 3.05) is 12.4 Å². The third-order valence-electron chi connectivity index (χ3n) is 5.18. The average molecular weight is 305 g/mol. The topological polar surface area (TPSA) is 69.4 Å². The maximum Gasteiger partial charge on any atom is 0.209 e. The molecule has 0 aliphatic heterocycles. The minimum absolute atomic E-state index is 0.0195. The molecule has 0 aromatic heterocycles. The van der Waals surface area contributed by atoms with Crippen LogP contribution < -0.4 is 5.14 Å². The SMILES string of the molecule is CCC(CC)(COC1CCC(C)C(C)C1)CS(N)(=O)=O. The van der Waals surface area contributed by atoms with Crippen molar-refractivity contribution in [2.24, 2.45) is 22.4 Å². The summed E-state index contributed by atoms with van der Waals surface area (Å²) in [6.07, 6.45) is 5.20. The Balaban J connectivity index is 2.59. The van der Waals surface area contributed by atoms with E-state index in [0.29, 0.717) is 12.5 Å². The zero-order chi connectivity index (χ0) is 15.4. The van der Waals surface area contributed by atoms with E-state index in [1.807, 2.05) is 13.8 Å². The lowest BCUT2D eigenvalue weighted by Gasteiger charge is -2.36. The molecule has 1 aliphatic rings. The number of hydrogen-bond donors (Lipinski definition) is 1. The van der Waals surface area contributed by atoms with E-state index in [-0.39, 0.29) is 17.3 Å². The maximum absolute atomic E-state index is 11.4. The van der Waals surface area contributed by atoms with Crippen LogP contribution >= 0.6 is 0 Å². The minimum Gasteiger partial charge on any atom is -0.378 e. The predicted octanol–water partition coefficient (Wildman–Crippen LogP) is 2.92. The Morgan fingerprint density at radius 1 is 1.15 bits per heavy atom. The second kappa shape index (κ2) is 7.23. The van der Waals surface area contributed by atoms with Crippen LogP contribution in [0, 0.1) is 17.3 Å². The van der Waals surface area contributed by atoms with Gasteiger partial charge in [0.25, 0.3) is 0 Å². The second-order valence-electron chi connectivity index (χ2n) is 6.71. The molecule has 0 amide bonds. The molecule has 0 heterocycles.